The van der Waals surface area contributed by atoms with E-state index < -0.39 is 0 Å². The molecule has 2 aliphatic carbocycles. The molecule has 4 nitrogen and oxygen atoms in total. The quantitative estimate of drug-likeness (QED) is 0.272. The van der Waals surface area contributed by atoms with Crippen molar-refractivity contribution in [1.29, 1.82) is 5.26 Å². The third-order valence-electron chi connectivity index (χ3n) is 10.2. The Bertz CT molecular complexity index is 1140. The zero-order chi connectivity index (χ0) is 25.3. The first-order valence-corrected chi connectivity index (χ1v) is 14.5. The Hall–Kier alpha value is -2.77. The lowest BCUT2D eigenvalue weighted by Crippen LogP contribution is -2.49. The molecule has 2 heterocycles. The number of hydrogen-bond donors (Lipinski definition) is 0. The third-order valence-corrected chi connectivity index (χ3v) is 10.2. The number of nitriles is 1. The second-order valence-electron chi connectivity index (χ2n) is 12.2. The molecule has 3 fully saturated rings. The van der Waals surface area contributed by atoms with E-state index in [1.54, 1.807) is 0 Å². The Kier molecular flexibility index (Phi) is 6.76. The van der Waals surface area contributed by atoms with Gasteiger partial charge in [0.25, 0.3) is 0 Å². The summed E-state index contributed by atoms with van der Waals surface area (Å²) in [6.07, 6.45) is 11.7. The Labute approximate surface area is 222 Å². The van der Waals surface area contributed by atoms with Gasteiger partial charge < -0.3 is 14.0 Å². The van der Waals surface area contributed by atoms with Crippen LogP contribution >= 0.6 is 0 Å². The summed E-state index contributed by atoms with van der Waals surface area (Å²) in [6, 6.07) is 20.1. The maximum Gasteiger partial charge on any atom is 0.231 e. The van der Waals surface area contributed by atoms with Crippen molar-refractivity contribution in [3.63, 3.8) is 0 Å². The Morgan fingerprint density at radius 2 is 1.76 bits per heavy atom. The van der Waals surface area contributed by atoms with Gasteiger partial charge in [0.1, 0.15) is 0 Å². The molecule has 0 spiro atoms. The van der Waals surface area contributed by atoms with Gasteiger partial charge in [-0.2, -0.15) is 5.26 Å². The molecule has 3 atom stereocenters. The summed E-state index contributed by atoms with van der Waals surface area (Å²) in [5, 5.41) is 10.6. The molecule has 37 heavy (non-hydrogen) atoms. The predicted molar refractivity (Wildman–Crippen MR) is 146 cm³/mol. The van der Waals surface area contributed by atoms with Gasteiger partial charge in [0.15, 0.2) is 11.5 Å². The van der Waals surface area contributed by atoms with Crippen molar-refractivity contribution in [1.82, 2.24) is 0 Å². The van der Waals surface area contributed by atoms with Crippen LogP contribution in [0.4, 0.5) is 0 Å². The first-order valence-electron chi connectivity index (χ1n) is 14.5. The van der Waals surface area contributed by atoms with Crippen LogP contribution in [0.2, 0.25) is 0 Å². The van der Waals surface area contributed by atoms with Crippen molar-refractivity contribution in [3.05, 3.63) is 72.3 Å². The van der Waals surface area contributed by atoms with Gasteiger partial charge in [-0.15, -0.1) is 0 Å². The van der Waals surface area contributed by atoms with E-state index in [1.807, 2.05) is 6.07 Å². The second kappa shape index (κ2) is 10.2. The van der Waals surface area contributed by atoms with E-state index >= 15 is 0 Å². The molecule has 3 unspecified atom stereocenters. The molecule has 2 aromatic carbocycles. The Morgan fingerprint density at radius 1 is 1.00 bits per heavy atom. The van der Waals surface area contributed by atoms with Gasteiger partial charge >= 0.3 is 0 Å². The number of quaternary nitrogens is 1. The molecule has 4 heteroatoms. The van der Waals surface area contributed by atoms with E-state index in [1.165, 1.54) is 62.7 Å². The number of ether oxygens (including phenoxy) is 2. The highest BCUT2D eigenvalue weighted by Gasteiger charge is 2.62. The highest BCUT2D eigenvalue weighted by atomic mass is 16.7. The van der Waals surface area contributed by atoms with Gasteiger partial charge in [0.2, 0.25) is 6.79 Å². The molecular formula is C33H41N2O2+. The maximum absolute atomic E-state index is 10.6. The molecule has 2 aliphatic heterocycles. The SMILES string of the molecule is C=CC[N+]1(CCc2ccc3c(c2)OCO3)CC2C(CCC(C#N)(c3ccccc3)C3CCCCC3)C2C1. The van der Waals surface area contributed by atoms with E-state index in [9.17, 15) is 5.26 Å². The summed E-state index contributed by atoms with van der Waals surface area (Å²) in [7, 11) is 0. The summed E-state index contributed by atoms with van der Waals surface area (Å²) in [6.45, 7) is 9.17. The van der Waals surface area contributed by atoms with Gasteiger partial charge in [-0.05, 0) is 66.9 Å². The first-order chi connectivity index (χ1) is 18.2. The largest absolute Gasteiger partial charge is 0.454 e. The third kappa shape index (κ3) is 4.68. The van der Waals surface area contributed by atoms with Gasteiger partial charge in [-0.3, -0.25) is 0 Å². The lowest BCUT2D eigenvalue weighted by molar-refractivity contribution is -0.916. The molecular weight excluding hydrogens is 456 g/mol. The van der Waals surface area contributed by atoms with Crippen molar-refractivity contribution in [3.8, 4) is 17.6 Å². The Morgan fingerprint density at radius 3 is 2.49 bits per heavy atom. The van der Waals surface area contributed by atoms with Crippen LogP contribution in [0.15, 0.2) is 61.2 Å². The molecule has 6 rings (SSSR count). The predicted octanol–water partition coefficient (Wildman–Crippen LogP) is 6.66. The summed E-state index contributed by atoms with van der Waals surface area (Å²) in [5.41, 5.74) is 2.28. The number of likely N-dealkylation sites (tertiary alicyclic amines) is 1. The summed E-state index contributed by atoms with van der Waals surface area (Å²) >= 11 is 0. The van der Waals surface area contributed by atoms with E-state index in [0.717, 1.165) is 59.7 Å². The zero-order valence-corrected chi connectivity index (χ0v) is 22.1. The smallest absolute Gasteiger partial charge is 0.231 e. The van der Waals surface area contributed by atoms with E-state index in [-0.39, 0.29) is 5.41 Å². The van der Waals surface area contributed by atoms with Crippen LogP contribution in [0, 0.1) is 35.0 Å². The van der Waals surface area contributed by atoms with E-state index in [4.69, 9.17) is 9.47 Å². The van der Waals surface area contributed by atoms with Crippen molar-refractivity contribution in [2.24, 2.45) is 23.7 Å². The number of benzene rings is 2. The average molecular weight is 498 g/mol. The van der Waals surface area contributed by atoms with Crippen molar-refractivity contribution < 1.29 is 14.0 Å². The Balaban J connectivity index is 1.10. The molecule has 0 aromatic heterocycles. The van der Waals surface area contributed by atoms with Crippen LogP contribution in [-0.4, -0.2) is 37.5 Å². The topological polar surface area (TPSA) is 42.2 Å². The normalized spacial score (nSPS) is 29.8. The van der Waals surface area contributed by atoms with Gasteiger partial charge in [0, 0.05) is 18.3 Å². The van der Waals surface area contributed by atoms with Crippen LogP contribution in [-0.2, 0) is 11.8 Å². The molecule has 2 saturated carbocycles. The van der Waals surface area contributed by atoms with Crippen LogP contribution < -0.4 is 9.47 Å². The highest BCUT2D eigenvalue weighted by molar-refractivity contribution is 5.44. The zero-order valence-electron chi connectivity index (χ0n) is 22.1. The summed E-state index contributed by atoms with van der Waals surface area (Å²) in [5.74, 6) is 4.67. The molecule has 194 valence electrons. The molecule has 0 bridgehead atoms. The minimum atomic E-state index is -0.315. The van der Waals surface area contributed by atoms with Crippen LogP contribution in [0.3, 0.4) is 0 Å². The standard InChI is InChI=1S/C33H41N2O2/c1-2-18-35(19-16-25-13-14-31-32(20-25)37-24-36-31)21-29-28(30(29)22-35)15-17-33(23-34,26-9-5-3-6-10-26)27-11-7-4-8-12-27/h2-3,5-6,9-10,13-14,20,27-30H,1,4,7-8,11-12,15-19,21-22,24H2/q+1. The van der Waals surface area contributed by atoms with Gasteiger partial charge in [0.05, 0.1) is 37.7 Å². The molecule has 2 aromatic rings. The van der Waals surface area contributed by atoms with Crippen molar-refractivity contribution in [2.75, 3.05) is 33.0 Å². The van der Waals surface area contributed by atoms with Crippen LogP contribution in [0.1, 0.15) is 56.1 Å². The second-order valence-corrected chi connectivity index (χ2v) is 12.2. The number of piperidine rings is 1. The van der Waals surface area contributed by atoms with Crippen LogP contribution in [0.5, 0.6) is 11.5 Å². The number of fused-ring (bicyclic) bond motifs is 2. The fourth-order valence-electron chi connectivity index (χ4n) is 8.14. The number of nitrogens with zero attached hydrogens (tertiary/aromatic N) is 2. The van der Waals surface area contributed by atoms with Gasteiger partial charge in [-0.1, -0.05) is 62.2 Å². The van der Waals surface area contributed by atoms with E-state index in [2.05, 4.69) is 61.2 Å². The maximum atomic E-state index is 10.6. The summed E-state index contributed by atoms with van der Waals surface area (Å²) in [4.78, 5) is 0. The lowest BCUT2D eigenvalue weighted by Gasteiger charge is -2.39. The van der Waals surface area contributed by atoms with Gasteiger partial charge in [-0.25, -0.2) is 0 Å². The monoisotopic (exact) mass is 497 g/mol. The molecule has 4 aliphatic rings. The molecule has 0 N–H and O–H groups in total. The number of hydrogen-bond acceptors (Lipinski definition) is 3. The first kappa shape index (κ1) is 24.6. The van der Waals surface area contributed by atoms with Crippen molar-refractivity contribution in [2.45, 2.75) is 56.8 Å². The molecule has 0 amide bonds. The minimum Gasteiger partial charge on any atom is -0.454 e. The van der Waals surface area contributed by atoms with Crippen LogP contribution in [0.25, 0.3) is 0 Å². The minimum absolute atomic E-state index is 0.315. The fourth-order valence-corrected chi connectivity index (χ4v) is 8.14. The lowest BCUT2D eigenvalue weighted by atomic mass is 9.63. The molecule has 1 saturated heterocycles. The highest BCUT2D eigenvalue weighted by Crippen LogP contribution is 2.58. The van der Waals surface area contributed by atoms with E-state index in [0.29, 0.717) is 12.7 Å². The molecule has 0 radical (unpaired) electrons. The fraction of sp³-hybridized carbons (Fsp3) is 0.545. The summed E-state index contributed by atoms with van der Waals surface area (Å²) < 4.78 is 12.2. The number of rotatable bonds is 10. The van der Waals surface area contributed by atoms with Crippen molar-refractivity contribution >= 4 is 0 Å². The average Bonchev–Trinajstić information content (AvgIpc) is 3.26.